The first-order chi connectivity index (χ1) is 7.48. The molecule has 1 nitrogen and oxygen atoms in total. The Morgan fingerprint density at radius 1 is 1.44 bits per heavy atom. The molecular weight excluding hydrogens is 241 g/mol. The summed E-state index contributed by atoms with van der Waals surface area (Å²) in [6.45, 7) is 2.26. The van der Waals surface area contributed by atoms with Crippen LogP contribution in [0.15, 0.2) is 18.2 Å². The lowest BCUT2D eigenvalue weighted by Gasteiger charge is -2.24. The van der Waals surface area contributed by atoms with Crippen molar-refractivity contribution >= 4 is 23.2 Å². The second-order valence-corrected chi connectivity index (χ2v) is 5.97. The van der Waals surface area contributed by atoms with E-state index >= 15 is 0 Å². The van der Waals surface area contributed by atoms with Crippen LogP contribution in [0.2, 0.25) is 10.0 Å². The summed E-state index contributed by atoms with van der Waals surface area (Å²) in [7, 11) is 0. The van der Waals surface area contributed by atoms with Crippen LogP contribution in [-0.2, 0) is 6.42 Å². The monoisotopic (exact) mass is 257 g/mol. The number of nitrogens with two attached hydrogens (primary N) is 1. The third-order valence-corrected chi connectivity index (χ3v) is 4.04. The van der Waals surface area contributed by atoms with Gasteiger partial charge in [0.2, 0.25) is 0 Å². The number of benzene rings is 1. The van der Waals surface area contributed by atoms with Gasteiger partial charge < -0.3 is 5.73 Å². The quantitative estimate of drug-likeness (QED) is 0.850. The summed E-state index contributed by atoms with van der Waals surface area (Å²) in [5.74, 6) is 0.725. The fraction of sp³-hybridized carbons (Fsp3) is 0.538. The maximum absolute atomic E-state index is 6.40. The Morgan fingerprint density at radius 3 is 2.81 bits per heavy atom. The predicted octanol–water partition coefficient (Wildman–Crippen LogP) is 4.05. The van der Waals surface area contributed by atoms with Crippen molar-refractivity contribution in [1.82, 2.24) is 0 Å². The standard InChI is InChI=1S/C13H17Cl2N/c1-9-4-5-13(16,7-9)8-10-6-11(14)2-3-12(10)15/h2-3,6,9H,4-5,7-8,16H2,1H3. The number of rotatable bonds is 2. The van der Waals surface area contributed by atoms with E-state index in [0.717, 1.165) is 40.8 Å². The van der Waals surface area contributed by atoms with Gasteiger partial charge in [0, 0.05) is 15.6 Å². The fourth-order valence-corrected chi connectivity index (χ4v) is 3.03. The third-order valence-electron chi connectivity index (χ3n) is 3.44. The van der Waals surface area contributed by atoms with Crippen LogP contribution in [0.25, 0.3) is 0 Å². The van der Waals surface area contributed by atoms with E-state index in [1.807, 2.05) is 18.2 Å². The fourth-order valence-electron chi connectivity index (χ4n) is 2.65. The molecule has 2 atom stereocenters. The van der Waals surface area contributed by atoms with Gasteiger partial charge in [-0.1, -0.05) is 30.1 Å². The summed E-state index contributed by atoms with van der Waals surface area (Å²) in [6.07, 6.45) is 4.21. The second-order valence-electron chi connectivity index (χ2n) is 5.12. The van der Waals surface area contributed by atoms with Gasteiger partial charge in [-0.05, 0) is 55.4 Å². The Kier molecular flexibility index (Phi) is 3.48. The summed E-state index contributed by atoms with van der Waals surface area (Å²) in [5, 5.41) is 1.50. The van der Waals surface area contributed by atoms with Crippen LogP contribution in [0.1, 0.15) is 31.7 Å². The molecule has 0 aliphatic heterocycles. The van der Waals surface area contributed by atoms with E-state index in [-0.39, 0.29) is 5.54 Å². The van der Waals surface area contributed by atoms with Gasteiger partial charge in [-0.25, -0.2) is 0 Å². The average molecular weight is 258 g/mol. The molecule has 1 aromatic rings. The van der Waals surface area contributed by atoms with Crippen molar-refractivity contribution in [3.63, 3.8) is 0 Å². The zero-order valence-corrected chi connectivity index (χ0v) is 11.0. The van der Waals surface area contributed by atoms with E-state index in [0.29, 0.717) is 0 Å². The van der Waals surface area contributed by atoms with E-state index < -0.39 is 0 Å². The van der Waals surface area contributed by atoms with E-state index in [1.54, 1.807) is 0 Å². The zero-order chi connectivity index (χ0) is 11.8. The van der Waals surface area contributed by atoms with Crippen molar-refractivity contribution in [3.05, 3.63) is 33.8 Å². The maximum Gasteiger partial charge on any atom is 0.0439 e. The van der Waals surface area contributed by atoms with Gasteiger partial charge in [-0.3, -0.25) is 0 Å². The highest BCUT2D eigenvalue weighted by molar-refractivity contribution is 6.33. The average Bonchev–Trinajstić information content (AvgIpc) is 2.52. The van der Waals surface area contributed by atoms with Crippen LogP contribution in [0, 0.1) is 5.92 Å². The molecule has 2 unspecified atom stereocenters. The molecule has 0 saturated heterocycles. The Hall–Kier alpha value is -0.240. The van der Waals surface area contributed by atoms with E-state index in [2.05, 4.69) is 6.92 Å². The number of halogens is 2. The smallest absolute Gasteiger partial charge is 0.0439 e. The molecule has 0 spiro atoms. The molecule has 3 heteroatoms. The molecule has 2 N–H and O–H groups in total. The second kappa shape index (κ2) is 4.56. The molecule has 0 aromatic heterocycles. The normalized spacial score (nSPS) is 29.6. The van der Waals surface area contributed by atoms with Crippen molar-refractivity contribution < 1.29 is 0 Å². The van der Waals surface area contributed by atoms with Crippen molar-refractivity contribution in [3.8, 4) is 0 Å². The van der Waals surface area contributed by atoms with Crippen molar-refractivity contribution in [2.45, 2.75) is 38.1 Å². The topological polar surface area (TPSA) is 26.0 Å². The molecule has 16 heavy (non-hydrogen) atoms. The minimum absolute atomic E-state index is 0.0895. The van der Waals surface area contributed by atoms with Crippen molar-refractivity contribution in [2.75, 3.05) is 0 Å². The van der Waals surface area contributed by atoms with E-state index in [1.165, 1.54) is 6.42 Å². The lowest BCUT2D eigenvalue weighted by Crippen LogP contribution is -2.39. The summed E-state index contributed by atoms with van der Waals surface area (Å²) in [4.78, 5) is 0. The lowest BCUT2D eigenvalue weighted by molar-refractivity contribution is 0.419. The minimum atomic E-state index is -0.0895. The van der Waals surface area contributed by atoms with Crippen LogP contribution < -0.4 is 5.73 Å². The highest BCUT2D eigenvalue weighted by Crippen LogP contribution is 2.36. The Balaban J connectivity index is 2.17. The summed E-state index contributed by atoms with van der Waals surface area (Å²) >= 11 is 12.1. The highest BCUT2D eigenvalue weighted by Gasteiger charge is 2.34. The third kappa shape index (κ3) is 2.71. The van der Waals surface area contributed by atoms with Gasteiger partial charge in [0.25, 0.3) is 0 Å². The van der Waals surface area contributed by atoms with E-state index in [4.69, 9.17) is 28.9 Å². The minimum Gasteiger partial charge on any atom is -0.325 e. The largest absolute Gasteiger partial charge is 0.325 e. The number of hydrogen-bond acceptors (Lipinski definition) is 1. The van der Waals surface area contributed by atoms with Gasteiger partial charge in [0.05, 0.1) is 0 Å². The van der Waals surface area contributed by atoms with Gasteiger partial charge >= 0.3 is 0 Å². The first-order valence-electron chi connectivity index (χ1n) is 5.71. The molecule has 1 aliphatic carbocycles. The molecule has 0 amide bonds. The van der Waals surface area contributed by atoms with Crippen LogP contribution in [0.5, 0.6) is 0 Å². The molecule has 1 aliphatic rings. The molecule has 0 bridgehead atoms. The first-order valence-corrected chi connectivity index (χ1v) is 6.47. The molecule has 1 fully saturated rings. The van der Waals surface area contributed by atoms with Crippen molar-refractivity contribution in [1.29, 1.82) is 0 Å². The Labute approximate surface area is 107 Å². The SMILES string of the molecule is CC1CCC(N)(Cc2cc(Cl)ccc2Cl)C1. The zero-order valence-electron chi connectivity index (χ0n) is 9.47. The summed E-state index contributed by atoms with van der Waals surface area (Å²) in [6, 6.07) is 5.59. The first kappa shape index (κ1) is 12.2. The molecule has 1 aromatic carbocycles. The van der Waals surface area contributed by atoms with Crippen molar-refractivity contribution in [2.24, 2.45) is 11.7 Å². The van der Waals surface area contributed by atoms with Crippen LogP contribution >= 0.6 is 23.2 Å². The van der Waals surface area contributed by atoms with Gasteiger partial charge in [0.15, 0.2) is 0 Å². The van der Waals surface area contributed by atoms with Gasteiger partial charge in [-0.15, -0.1) is 0 Å². The molecular formula is C13H17Cl2N. The summed E-state index contributed by atoms with van der Waals surface area (Å²) in [5.41, 5.74) is 7.38. The highest BCUT2D eigenvalue weighted by atomic mass is 35.5. The summed E-state index contributed by atoms with van der Waals surface area (Å²) < 4.78 is 0. The van der Waals surface area contributed by atoms with Gasteiger partial charge in [0.1, 0.15) is 0 Å². The molecule has 0 heterocycles. The predicted molar refractivity (Wildman–Crippen MR) is 70.1 cm³/mol. The van der Waals surface area contributed by atoms with Crippen LogP contribution in [0.4, 0.5) is 0 Å². The molecule has 2 rings (SSSR count). The van der Waals surface area contributed by atoms with Crippen LogP contribution in [-0.4, -0.2) is 5.54 Å². The van der Waals surface area contributed by atoms with Crippen LogP contribution in [0.3, 0.4) is 0 Å². The van der Waals surface area contributed by atoms with Gasteiger partial charge in [-0.2, -0.15) is 0 Å². The Morgan fingerprint density at radius 2 is 2.19 bits per heavy atom. The maximum atomic E-state index is 6.40. The molecule has 1 saturated carbocycles. The van der Waals surface area contributed by atoms with E-state index in [9.17, 15) is 0 Å². The molecule has 88 valence electrons. The lowest BCUT2D eigenvalue weighted by atomic mass is 9.89. The number of hydrogen-bond donors (Lipinski definition) is 1. The molecule has 0 radical (unpaired) electrons. The Bertz CT molecular complexity index is 392.